The van der Waals surface area contributed by atoms with Crippen LogP contribution in [0.5, 0.6) is 0 Å². The SMILES string of the molecule is CNC(=O)c1cccc(NC(C)c2ccn[nH]2)c1C. The fraction of sp³-hybridized carbons (Fsp3) is 0.286. The van der Waals surface area contributed by atoms with Crippen LogP contribution < -0.4 is 10.6 Å². The maximum atomic E-state index is 11.7. The van der Waals surface area contributed by atoms with E-state index in [2.05, 4.69) is 20.8 Å². The fourth-order valence-electron chi connectivity index (χ4n) is 1.99. The average molecular weight is 258 g/mol. The van der Waals surface area contributed by atoms with Crippen LogP contribution in [0.15, 0.2) is 30.5 Å². The number of benzene rings is 1. The van der Waals surface area contributed by atoms with Gasteiger partial charge < -0.3 is 10.6 Å². The van der Waals surface area contributed by atoms with E-state index in [1.54, 1.807) is 13.2 Å². The molecule has 2 rings (SSSR count). The predicted molar refractivity (Wildman–Crippen MR) is 75.2 cm³/mol. The lowest BCUT2D eigenvalue weighted by Gasteiger charge is -2.17. The molecule has 0 aliphatic heterocycles. The number of carbonyl (C=O) groups excluding carboxylic acids is 1. The van der Waals surface area contributed by atoms with Gasteiger partial charge in [-0.3, -0.25) is 9.89 Å². The van der Waals surface area contributed by atoms with Crippen molar-refractivity contribution in [2.45, 2.75) is 19.9 Å². The van der Waals surface area contributed by atoms with Gasteiger partial charge in [0.25, 0.3) is 5.91 Å². The van der Waals surface area contributed by atoms with E-state index in [9.17, 15) is 4.79 Å². The second-order valence-electron chi connectivity index (χ2n) is 4.44. The van der Waals surface area contributed by atoms with Gasteiger partial charge in [-0.25, -0.2) is 0 Å². The Morgan fingerprint density at radius 2 is 2.16 bits per heavy atom. The van der Waals surface area contributed by atoms with Gasteiger partial charge in [-0.2, -0.15) is 5.10 Å². The van der Waals surface area contributed by atoms with Crippen molar-refractivity contribution in [3.05, 3.63) is 47.3 Å². The highest BCUT2D eigenvalue weighted by atomic mass is 16.1. The number of H-pyrrole nitrogens is 1. The first kappa shape index (κ1) is 13.1. The van der Waals surface area contributed by atoms with E-state index in [-0.39, 0.29) is 11.9 Å². The summed E-state index contributed by atoms with van der Waals surface area (Å²) in [4.78, 5) is 11.7. The largest absolute Gasteiger partial charge is 0.377 e. The van der Waals surface area contributed by atoms with Gasteiger partial charge in [-0.15, -0.1) is 0 Å². The molecule has 5 nitrogen and oxygen atoms in total. The molecule has 1 amide bonds. The third-order valence-electron chi connectivity index (χ3n) is 3.17. The molecule has 1 aromatic carbocycles. The van der Waals surface area contributed by atoms with Crippen molar-refractivity contribution >= 4 is 11.6 Å². The summed E-state index contributed by atoms with van der Waals surface area (Å²) in [6.45, 7) is 3.98. The fourth-order valence-corrected chi connectivity index (χ4v) is 1.99. The van der Waals surface area contributed by atoms with E-state index >= 15 is 0 Å². The van der Waals surface area contributed by atoms with Crippen molar-refractivity contribution in [3.63, 3.8) is 0 Å². The maximum absolute atomic E-state index is 11.7. The number of amides is 1. The van der Waals surface area contributed by atoms with Gasteiger partial charge in [-0.1, -0.05) is 6.07 Å². The number of aromatic amines is 1. The summed E-state index contributed by atoms with van der Waals surface area (Å²) in [7, 11) is 1.63. The number of rotatable bonds is 4. The topological polar surface area (TPSA) is 69.8 Å². The van der Waals surface area contributed by atoms with Gasteiger partial charge in [0, 0.05) is 24.5 Å². The Labute approximate surface area is 112 Å². The van der Waals surface area contributed by atoms with Crippen LogP contribution in [0.25, 0.3) is 0 Å². The lowest BCUT2D eigenvalue weighted by atomic mass is 10.1. The Morgan fingerprint density at radius 3 is 2.79 bits per heavy atom. The monoisotopic (exact) mass is 258 g/mol. The van der Waals surface area contributed by atoms with E-state index < -0.39 is 0 Å². The van der Waals surface area contributed by atoms with E-state index in [0.29, 0.717) is 5.56 Å². The smallest absolute Gasteiger partial charge is 0.251 e. The predicted octanol–water partition coefficient (Wildman–Crippen LogP) is 2.25. The Kier molecular flexibility index (Phi) is 3.85. The van der Waals surface area contributed by atoms with Crippen molar-refractivity contribution in [1.82, 2.24) is 15.5 Å². The number of hydrogen-bond donors (Lipinski definition) is 3. The molecule has 3 N–H and O–H groups in total. The molecule has 0 spiro atoms. The molecule has 0 radical (unpaired) electrons. The minimum Gasteiger partial charge on any atom is -0.377 e. The second-order valence-corrected chi connectivity index (χ2v) is 4.44. The van der Waals surface area contributed by atoms with Gasteiger partial charge >= 0.3 is 0 Å². The van der Waals surface area contributed by atoms with E-state index in [0.717, 1.165) is 16.9 Å². The van der Waals surface area contributed by atoms with E-state index in [1.165, 1.54) is 0 Å². The quantitative estimate of drug-likeness (QED) is 0.787. The summed E-state index contributed by atoms with van der Waals surface area (Å²) in [5.41, 5.74) is 3.57. The van der Waals surface area contributed by atoms with Crippen LogP contribution in [0.4, 0.5) is 5.69 Å². The van der Waals surface area contributed by atoms with Crippen molar-refractivity contribution < 1.29 is 4.79 Å². The number of carbonyl (C=O) groups is 1. The summed E-state index contributed by atoms with van der Waals surface area (Å²) in [6.07, 6.45) is 1.72. The normalized spacial score (nSPS) is 11.9. The van der Waals surface area contributed by atoms with Crippen molar-refractivity contribution in [2.75, 3.05) is 12.4 Å². The van der Waals surface area contributed by atoms with Crippen molar-refractivity contribution in [3.8, 4) is 0 Å². The third kappa shape index (κ3) is 2.76. The minimum atomic E-state index is -0.0738. The van der Waals surface area contributed by atoms with Crippen LogP contribution in [0, 0.1) is 6.92 Å². The first-order chi connectivity index (χ1) is 9.13. The summed E-state index contributed by atoms with van der Waals surface area (Å²) in [5.74, 6) is -0.0738. The summed E-state index contributed by atoms with van der Waals surface area (Å²) in [6, 6.07) is 7.69. The highest BCUT2D eigenvalue weighted by Gasteiger charge is 2.12. The molecule has 0 bridgehead atoms. The molecular formula is C14H18N4O. The third-order valence-corrected chi connectivity index (χ3v) is 3.17. The molecule has 100 valence electrons. The van der Waals surface area contributed by atoms with Gasteiger partial charge in [0.2, 0.25) is 0 Å². The molecule has 0 saturated carbocycles. The minimum absolute atomic E-state index is 0.0738. The van der Waals surface area contributed by atoms with Crippen LogP contribution >= 0.6 is 0 Å². The van der Waals surface area contributed by atoms with Crippen LogP contribution in [-0.4, -0.2) is 23.2 Å². The molecule has 1 atom stereocenters. The molecular weight excluding hydrogens is 240 g/mol. The zero-order chi connectivity index (χ0) is 13.8. The highest BCUT2D eigenvalue weighted by molar-refractivity contribution is 5.96. The first-order valence-electron chi connectivity index (χ1n) is 6.21. The lowest BCUT2D eigenvalue weighted by molar-refractivity contribution is 0.0962. The molecule has 0 aliphatic rings. The van der Waals surface area contributed by atoms with Crippen molar-refractivity contribution in [2.24, 2.45) is 0 Å². The van der Waals surface area contributed by atoms with Crippen LogP contribution in [0.2, 0.25) is 0 Å². The number of nitrogens with zero attached hydrogens (tertiary/aromatic N) is 1. The Balaban J connectivity index is 2.24. The molecule has 2 aromatic rings. The summed E-state index contributed by atoms with van der Waals surface area (Å²) >= 11 is 0. The zero-order valence-electron chi connectivity index (χ0n) is 11.3. The summed E-state index contributed by atoms with van der Waals surface area (Å²) < 4.78 is 0. The Bertz CT molecular complexity index is 563. The van der Waals surface area contributed by atoms with Gasteiger partial charge in [-0.05, 0) is 37.6 Å². The highest BCUT2D eigenvalue weighted by Crippen LogP contribution is 2.23. The van der Waals surface area contributed by atoms with Gasteiger partial charge in [0.05, 0.1) is 11.7 Å². The van der Waals surface area contributed by atoms with E-state index in [1.807, 2.05) is 38.1 Å². The molecule has 19 heavy (non-hydrogen) atoms. The second kappa shape index (κ2) is 5.56. The average Bonchev–Trinajstić information content (AvgIpc) is 2.94. The molecule has 5 heteroatoms. The molecule has 1 unspecified atom stereocenters. The number of anilines is 1. The number of nitrogens with one attached hydrogen (secondary N) is 3. The lowest BCUT2D eigenvalue weighted by Crippen LogP contribution is -2.19. The Hall–Kier alpha value is -2.30. The molecule has 0 saturated heterocycles. The van der Waals surface area contributed by atoms with Crippen LogP contribution in [0.3, 0.4) is 0 Å². The maximum Gasteiger partial charge on any atom is 0.251 e. The molecule has 1 aromatic heterocycles. The van der Waals surface area contributed by atoms with Crippen LogP contribution in [-0.2, 0) is 0 Å². The first-order valence-corrected chi connectivity index (χ1v) is 6.21. The number of aromatic nitrogens is 2. The van der Waals surface area contributed by atoms with Gasteiger partial charge in [0.15, 0.2) is 0 Å². The molecule has 0 fully saturated rings. The summed E-state index contributed by atoms with van der Waals surface area (Å²) in [5, 5.41) is 12.9. The molecule has 0 aliphatic carbocycles. The zero-order valence-corrected chi connectivity index (χ0v) is 11.3. The Morgan fingerprint density at radius 1 is 1.37 bits per heavy atom. The molecule has 1 heterocycles. The standard InChI is InChI=1S/C14H18N4O/c1-9-11(14(19)15-3)5-4-6-12(9)17-10(2)13-7-8-16-18-13/h4-8,10,17H,1-3H3,(H,15,19)(H,16,18). The van der Waals surface area contributed by atoms with Gasteiger partial charge in [0.1, 0.15) is 0 Å². The van der Waals surface area contributed by atoms with Crippen molar-refractivity contribution in [1.29, 1.82) is 0 Å². The number of hydrogen-bond acceptors (Lipinski definition) is 3. The van der Waals surface area contributed by atoms with E-state index in [4.69, 9.17) is 0 Å². The van der Waals surface area contributed by atoms with Crippen LogP contribution in [0.1, 0.15) is 34.6 Å².